The van der Waals surface area contributed by atoms with Crippen LogP contribution in [0.15, 0.2) is 30.3 Å². The van der Waals surface area contributed by atoms with Crippen molar-refractivity contribution >= 4 is 12.1 Å². The number of nitrogens with two attached hydrogens (primary N) is 1. The summed E-state index contributed by atoms with van der Waals surface area (Å²) in [6.45, 7) is 0. The fraction of sp³-hybridized carbons (Fsp3) is 0.200. The molecule has 2 N–H and O–H groups in total. The molecule has 1 aromatic rings. The van der Waals surface area contributed by atoms with Crippen LogP contribution in [0.2, 0.25) is 0 Å². The zero-order valence-electron chi connectivity index (χ0n) is 7.85. The minimum Gasteiger partial charge on any atom is -0.435 e. The van der Waals surface area contributed by atoms with Crippen molar-refractivity contribution in [3.63, 3.8) is 0 Å². The second-order valence-corrected chi connectivity index (χ2v) is 2.92. The van der Waals surface area contributed by atoms with E-state index in [0.717, 1.165) is 0 Å². The highest BCUT2D eigenvalue weighted by atomic mass is 19.1. The van der Waals surface area contributed by atoms with Crippen molar-refractivity contribution in [2.24, 2.45) is 5.73 Å². The molecule has 0 aromatic heterocycles. The first-order chi connectivity index (χ1) is 7.09. The van der Waals surface area contributed by atoms with Gasteiger partial charge in [0.05, 0.1) is 0 Å². The molecule has 0 saturated heterocycles. The third-order valence-corrected chi connectivity index (χ3v) is 1.78. The molecule has 1 amide bonds. The van der Waals surface area contributed by atoms with Crippen LogP contribution in [0, 0.1) is 0 Å². The fourth-order valence-corrected chi connectivity index (χ4v) is 1.14. The van der Waals surface area contributed by atoms with Crippen LogP contribution in [-0.2, 0) is 16.0 Å². The Kier molecular flexibility index (Phi) is 3.79. The average Bonchev–Trinajstić information content (AvgIpc) is 2.17. The molecule has 0 aliphatic heterocycles. The van der Waals surface area contributed by atoms with E-state index >= 15 is 0 Å². The first kappa shape index (κ1) is 11.2. The highest BCUT2D eigenvalue weighted by Crippen LogP contribution is 2.07. The summed E-state index contributed by atoms with van der Waals surface area (Å²) in [4.78, 5) is 20.9. The van der Waals surface area contributed by atoms with E-state index in [9.17, 15) is 14.0 Å². The maximum absolute atomic E-state index is 12.4. The normalized spacial score (nSPS) is 11.8. The van der Waals surface area contributed by atoms with Crippen molar-refractivity contribution in [1.29, 1.82) is 0 Å². The predicted octanol–water partition coefficient (Wildman–Crippen LogP) is 1.19. The molecule has 4 nitrogen and oxygen atoms in total. The van der Waals surface area contributed by atoms with Crippen LogP contribution in [0.3, 0.4) is 0 Å². The van der Waals surface area contributed by atoms with Gasteiger partial charge in [0, 0.05) is 6.42 Å². The number of halogens is 1. The summed E-state index contributed by atoms with van der Waals surface area (Å²) < 4.78 is 16.8. The summed E-state index contributed by atoms with van der Waals surface area (Å²) in [5, 5.41) is 0. The summed E-state index contributed by atoms with van der Waals surface area (Å²) >= 11 is 0. The van der Waals surface area contributed by atoms with Crippen molar-refractivity contribution in [3.8, 4) is 0 Å². The van der Waals surface area contributed by atoms with Crippen molar-refractivity contribution in [1.82, 2.24) is 0 Å². The van der Waals surface area contributed by atoms with Crippen LogP contribution < -0.4 is 5.73 Å². The first-order valence-electron chi connectivity index (χ1n) is 4.29. The lowest BCUT2D eigenvalue weighted by atomic mass is 10.1. The quantitative estimate of drug-likeness (QED) is 0.760. The van der Waals surface area contributed by atoms with Crippen molar-refractivity contribution in [2.75, 3.05) is 0 Å². The Hall–Kier alpha value is -1.91. The van der Waals surface area contributed by atoms with Crippen LogP contribution in [0.1, 0.15) is 5.56 Å². The molecule has 1 rings (SSSR count). The molecular weight excluding hydrogens is 201 g/mol. The zero-order chi connectivity index (χ0) is 11.3. The molecule has 80 valence electrons. The highest BCUT2D eigenvalue weighted by Gasteiger charge is 2.21. The largest absolute Gasteiger partial charge is 0.435 e. The second-order valence-electron chi connectivity index (χ2n) is 2.92. The van der Waals surface area contributed by atoms with Crippen molar-refractivity contribution in [2.45, 2.75) is 12.5 Å². The molecule has 1 atom stereocenters. The van der Waals surface area contributed by atoms with Gasteiger partial charge < -0.3 is 10.5 Å². The van der Waals surface area contributed by atoms with Gasteiger partial charge in [-0.25, -0.2) is 4.79 Å². The lowest BCUT2D eigenvalue weighted by Gasteiger charge is -2.10. The molecule has 1 aromatic carbocycles. The van der Waals surface area contributed by atoms with Gasteiger partial charge >= 0.3 is 12.1 Å². The highest BCUT2D eigenvalue weighted by molar-refractivity contribution is 5.77. The van der Waals surface area contributed by atoms with E-state index in [2.05, 4.69) is 4.74 Å². The third-order valence-electron chi connectivity index (χ3n) is 1.78. The van der Waals surface area contributed by atoms with E-state index in [-0.39, 0.29) is 6.42 Å². The topological polar surface area (TPSA) is 69.4 Å². The number of hydrogen-bond donors (Lipinski definition) is 1. The average molecular weight is 211 g/mol. The zero-order valence-corrected chi connectivity index (χ0v) is 7.85. The molecule has 0 aliphatic carbocycles. The maximum atomic E-state index is 12.4. The van der Waals surface area contributed by atoms with Gasteiger partial charge in [0.15, 0.2) is 6.10 Å². The number of primary amides is 1. The SMILES string of the molecule is NC(=O)OC(Cc1ccccc1)C(=O)F. The summed E-state index contributed by atoms with van der Waals surface area (Å²) in [6.07, 6.45) is -2.63. The minimum absolute atomic E-state index is 0.0148. The van der Waals surface area contributed by atoms with Gasteiger partial charge in [0.25, 0.3) is 0 Å². The number of amides is 1. The maximum Gasteiger partial charge on any atom is 0.405 e. The standard InChI is InChI=1S/C10H10FNO3/c11-9(13)8(15-10(12)14)6-7-4-2-1-3-5-7/h1-5,8H,6H2,(H2,12,14). The summed E-state index contributed by atoms with van der Waals surface area (Å²) in [6, 6.07) is 6.93. The Morgan fingerprint density at radius 3 is 2.40 bits per heavy atom. The summed E-state index contributed by atoms with van der Waals surface area (Å²) in [5.74, 6) is 0. The van der Waals surface area contributed by atoms with Crippen LogP contribution >= 0.6 is 0 Å². The van der Waals surface area contributed by atoms with Gasteiger partial charge in [0.2, 0.25) is 0 Å². The third kappa shape index (κ3) is 3.76. The minimum atomic E-state index is -1.71. The molecule has 0 heterocycles. The van der Waals surface area contributed by atoms with E-state index in [1.54, 1.807) is 30.3 Å². The van der Waals surface area contributed by atoms with E-state index in [4.69, 9.17) is 5.73 Å². The van der Waals surface area contributed by atoms with Crippen LogP contribution in [-0.4, -0.2) is 18.2 Å². The van der Waals surface area contributed by atoms with Crippen LogP contribution in [0.4, 0.5) is 9.18 Å². The van der Waals surface area contributed by atoms with Crippen LogP contribution in [0.25, 0.3) is 0 Å². The molecule has 15 heavy (non-hydrogen) atoms. The molecular formula is C10H10FNO3. The number of rotatable bonds is 4. The molecule has 5 heteroatoms. The molecule has 1 unspecified atom stereocenters. The monoisotopic (exact) mass is 211 g/mol. The number of carbonyl (C=O) groups excluding carboxylic acids is 2. The van der Waals surface area contributed by atoms with Gasteiger partial charge in [-0.05, 0) is 5.56 Å². The number of ether oxygens (including phenoxy) is 1. The van der Waals surface area contributed by atoms with Gasteiger partial charge in [-0.15, -0.1) is 0 Å². The van der Waals surface area contributed by atoms with E-state index in [1.807, 2.05) is 0 Å². The van der Waals surface area contributed by atoms with Gasteiger partial charge in [-0.2, -0.15) is 4.39 Å². The van der Waals surface area contributed by atoms with E-state index in [1.165, 1.54) is 0 Å². The summed E-state index contributed by atoms with van der Waals surface area (Å²) in [5.41, 5.74) is 5.39. The second kappa shape index (κ2) is 5.09. The Morgan fingerprint density at radius 2 is 1.93 bits per heavy atom. The fourth-order valence-electron chi connectivity index (χ4n) is 1.14. The van der Waals surface area contributed by atoms with Crippen molar-refractivity contribution < 1.29 is 18.7 Å². The van der Waals surface area contributed by atoms with Gasteiger partial charge in [0.1, 0.15) is 0 Å². The van der Waals surface area contributed by atoms with E-state index in [0.29, 0.717) is 5.56 Å². The Labute approximate surface area is 85.8 Å². The molecule has 0 aliphatic rings. The first-order valence-corrected chi connectivity index (χ1v) is 4.29. The molecule has 0 fully saturated rings. The summed E-state index contributed by atoms with van der Waals surface area (Å²) in [7, 11) is 0. The van der Waals surface area contributed by atoms with Gasteiger partial charge in [-0.1, -0.05) is 30.3 Å². The Morgan fingerprint density at radius 1 is 1.33 bits per heavy atom. The van der Waals surface area contributed by atoms with Crippen molar-refractivity contribution in [3.05, 3.63) is 35.9 Å². The molecule has 0 radical (unpaired) electrons. The molecule has 0 bridgehead atoms. The lowest BCUT2D eigenvalue weighted by Crippen LogP contribution is -2.29. The predicted molar refractivity (Wildman–Crippen MR) is 50.7 cm³/mol. The molecule has 0 spiro atoms. The number of carbonyl (C=O) groups is 2. The smallest absolute Gasteiger partial charge is 0.405 e. The number of hydrogen-bond acceptors (Lipinski definition) is 3. The van der Waals surface area contributed by atoms with Gasteiger partial charge in [-0.3, -0.25) is 4.79 Å². The number of benzene rings is 1. The Balaban J connectivity index is 2.67. The van der Waals surface area contributed by atoms with Crippen LogP contribution in [0.5, 0.6) is 0 Å². The Bertz CT molecular complexity index is 353. The van der Waals surface area contributed by atoms with E-state index < -0.39 is 18.2 Å². The lowest BCUT2D eigenvalue weighted by molar-refractivity contribution is -0.138. The molecule has 0 saturated carbocycles.